The first-order chi connectivity index (χ1) is 14.0. The van der Waals surface area contributed by atoms with Gasteiger partial charge in [0.15, 0.2) is 11.5 Å². The van der Waals surface area contributed by atoms with Crippen LogP contribution >= 0.6 is 11.6 Å². The molecule has 2 aromatic rings. The van der Waals surface area contributed by atoms with E-state index in [1.807, 2.05) is 6.92 Å². The van der Waals surface area contributed by atoms with Crippen molar-refractivity contribution >= 4 is 29.1 Å². The van der Waals surface area contributed by atoms with Crippen LogP contribution in [0.1, 0.15) is 23.7 Å². The number of hydrogen-bond donors (Lipinski definition) is 1. The van der Waals surface area contributed by atoms with Crippen LogP contribution in [0.5, 0.6) is 17.2 Å². The van der Waals surface area contributed by atoms with Crippen LogP contribution in [0.25, 0.3) is 0 Å². The Hall–Kier alpha value is -2.93. The molecule has 0 bridgehead atoms. The second kappa shape index (κ2) is 9.52. The van der Waals surface area contributed by atoms with Crippen molar-refractivity contribution < 1.29 is 23.8 Å². The molecule has 8 heteroatoms. The predicted molar refractivity (Wildman–Crippen MR) is 110 cm³/mol. The number of nitrogens with one attached hydrogen (secondary N) is 1. The molecular weight excluding hydrogens is 396 g/mol. The van der Waals surface area contributed by atoms with E-state index in [9.17, 15) is 9.59 Å². The zero-order valence-corrected chi connectivity index (χ0v) is 17.1. The molecule has 7 nitrogen and oxygen atoms in total. The summed E-state index contributed by atoms with van der Waals surface area (Å²) in [6.07, 6.45) is 0.737. The monoisotopic (exact) mass is 418 g/mol. The number of ether oxygens (including phenoxy) is 3. The number of carbonyl (C=O) groups is 2. The van der Waals surface area contributed by atoms with E-state index in [-0.39, 0.29) is 18.4 Å². The fraction of sp³-hybridized carbons (Fsp3) is 0.333. The van der Waals surface area contributed by atoms with Gasteiger partial charge >= 0.3 is 0 Å². The minimum absolute atomic E-state index is 0.0899. The number of carbonyl (C=O) groups excluding carboxylic acids is 2. The standard InChI is InChI=1S/C21H23ClN2O5/c1-3-24(13-19(25)23-15-5-7-16(27-2)8-6-15)21(26)14-11-17(22)20-18(12-14)28-9-4-10-29-20/h5-8,11-12H,3-4,9-10,13H2,1-2H3,(H,23,25). The van der Waals surface area contributed by atoms with Crippen LogP contribution in [-0.2, 0) is 4.79 Å². The third kappa shape index (κ3) is 5.12. The fourth-order valence-corrected chi connectivity index (χ4v) is 3.18. The lowest BCUT2D eigenvalue weighted by molar-refractivity contribution is -0.116. The Labute approximate surface area is 174 Å². The van der Waals surface area contributed by atoms with Gasteiger partial charge in [0.25, 0.3) is 5.91 Å². The molecule has 0 radical (unpaired) electrons. The molecule has 1 N–H and O–H groups in total. The molecule has 29 heavy (non-hydrogen) atoms. The molecule has 1 aliphatic rings. The van der Waals surface area contributed by atoms with E-state index < -0.39 is 0 Å². The number of methoxy groups -OCH3 is 1. The SMILES string of the molecule is CCN(CC(=O)Nc1ccc(OC)cc1)C(=O)c1cc(Cl)c2c(c1)OCCCO2. The first-order valence-corrected chi connectivity index (χ1v) is 9.72. The van der Waals surface area contributed by atoms with Gasteiger partial charge in [-0.05, 0) is 43.3 Å². The Bertz CT molecular complexity index is 885. The molecule has 0 saturated heterocycles. The number of benzene rings is 2. The van der Waals surface area contributed by atoms with Gasteiger partial charge in [-0.3, -0.25) is 9.59 Å². The highest BCUT2D eigenvalue weighted by Crippen LogP contribution is 2.38. The molecular formula is C21H23ClN2O5. The third-order valence-electron chi connectivity index (χ3n) is 4.43. The van der Waals surface area contributed by atoms with Crippen LogP contribution in [-0.4, -0.2) is 50.1 Å². The second-order valence-electron chi connectivity index (χ2n) is 6.43. The van der Waals surface area contributed by atoms with E-state index in [0.29, 0.717) is 53.3 Å². The largest absolute Gasteiger partial charge is 0.497 e. The molecule has 1 aliphatic heterocycles. The summed E-state index contributed by atoms with van der Waals surface area (Å²) in [5.41, 5.74) is 0.969. The molecule has 3 rings (SSSR count). The molecule has 154 valence electrons. The smallest absolute Gasteiger partial charge is 0.254 e. The Morgan fingerprint density at radius 3 is 2.59 bits per heavy atom. The number of anilines is 1. The lowest BCUT2D eigenvalue weighted by Gasteiger charge is -2.21. The van der Waals surface area contributed by atoms with Gasteiger partial charge in [0.05, 0.1) is 25.3 Å². The molecule has 0 aliphatic carbocycles. The van der Waals surface area contributed by atoms with Gasteiger partial charge in [0, 0.05) is 24.2 Å². The normalized spacial score (nSPS) is 12.7. The van der Waals surface area contributed by atoms with E-state index in [0.717, 1.165) is 6.42 Å². The number of halogens is 1. The molecule has 0 aromatic heterocycles. The lowest BCUT2D eigenvalue weighted by atomic mass is 10.1. The van der Waals surface area contributed by atoms with Crippen molar-refractivity contribution in [2.45, 2.75) is 13.3 Å². The molecule has 2 aromatic carbocycles. The maximum absolute atomic E-state index is 12.9. The van der Waals surface area contributed by atoms with Crippen molar-refractivity contribution in [3.05, 3.63) is 47.0 Å². The van der Waals surface area contributed by atoms with Crippen molar-refractivity contribution in [3.8, 4) is 17.2 Å². The highest BCUT2D eigenvalue weighted by molar-refractivity contribution is 6.32. The number of rotatable bonds is 6. The number of amides is 2. The summed E-state index contributed by atoms with van der Waals surface area (Å²) in [4.78, 5) is 26.8. The van der Waals surface area contributed by atoms with Crippen LogP contribution in [0.2, 0.25) is 5.02 Å². The van der Waals surface area contributed by atoms with Crippen molar-refractivity contribution in [2.75, 3.05) is 38.7 Å². The maximum Gasteiger partial charge on any atom is 0.254 e. The maximum atomic E-state index is 12.9. The average molecular weight is 419 g/mol. The highest BCUT2D eigenvalue weighted by Gasteiger charge is 2.22. The van der Waals surface area contributed by atoms with Crippen molar-refractivity contribution in [2.24, 2.45) is 0 Å². The molecule has 0 unspecified atom stereocenters. The number of hydrogen-bond acceptors (Lipinski definition) is 5. The predicted octanol–water partition coefficient (Wildman–Crippen LogP) is 3.61. The summed E-state index contributed by atoms with van der Waals surface area (Å²) in [5, 5.41) is 3.09. The van der Waals surface area contributed by atoms with Crippen molar-refractivity contribution in [1.82, 2.24) is 4.90 Å². The van der Waals surface area contributed by atoms with E-state index >= 15 is 0 Å². The van der Waals surface area contributed by atoms with Crippen LogP contribution in [0.4, 0.5) is 5.69 Å². The van der Waals surface area contributed by atoms with Gasteiger partial charge in [-0.2, -0.15) is 0 Å². The van der Waals surface area contributed by atoms with Gasteiger partial charge in [-0.15, -0.1) is 0 Å². The summed E-state index contributed by atoms with van der Waals surface area (Å²) >= 11 is 6.28. The summed E-state index contributed by atoms with van der Waals surface area (Å²) in [6, 6.07) is 10.1. The van der Waals surface area contributed by atoms with E-state index in [1.54, 1.807) is 43.5 Å². The Morgan fingerprint density at radius 1 is 1.17 bits per heavy atom. The minimum Gasteiger partial charge on any atom is -0.497 e. The quantitative estimate of drug-likeness (QED) is 0.775. The molecule has 0 atom stereocenters. The number of nitrogens with zero attached hydrogens (tertiary/aromatic N) is 1. The van der Waals surface area contributed by atoms with Gasteiger partial charge in [-0.25, -0.2) is 0 Å². The van der Waals surface area contributed by atoms with Crippen LogP contribution in [0.3, 0.4) is 0 Å². The molecule has 0 spiro atoms. The Morgan fingerprint density at radius 2 is 1.90 bits per heavy atom. The van der Waals surface area contributed by atoms with Gasteiger partial charge in [-0.1, -0.05) is 11.6 Å². The summed E-state index contributed by atoms with van der Waals surface area (Å²) in [7, 11) is 1.57. The van der Waals surface area contributed by atoms with Gasteiger partial charge in [0.2, 0.25) is 5.91 Å². The van der Waals surface area contributed by atoms with Crippen LogP contribution in [0, 0.1) is 0 Å². The summed E-state index contributed by atoms with van der Waals surface area (Å²) < 4.78 is 16.3. The van der Waals surface area contributed by atoms with Gasteiger partial charge in [0.1, 0.15) is 12.3 Å². The van der Waals surface area contributed by atoms with Crippen molar-refractivity contribution in [1.29, 1.82) is 0 Å². The van der Waals surface area contributed by atoms with Gasteiger partial charge < -0.3 is 24.4 Å². The van der Waals surface area contributed by atoms with E-state index in [2.05, 4.69) is 5.32 Å². The molecule has 2 amide bonds. The molecule has 1 heterocycles. The third-order valence-corrected chi connectivity index (χ3v) is 4.71. The summed E-state index contributed by atoms with van der Waals surface area (Å²) in [5.74, 6) is 0.971. The lowest BCUT2D eigenvalue weighted by Crippen LogP contribution is -2.37. The van der Waals surface area contributed by atoms with Crippen LogP contribution in [0.15, 0.2) is 36.4 Å². The first kappa shape index (κ1) is 20.8. The van der Waals surface area contributed by atoms with E-state index in [4.69, 9.17) is 25.8 Å². The zero-order chi connectivity index (χ0) is 20.8. The highest BCUT2D eigenvalue weighted by atomic mass is 35.5. The Kier molecular flexibility index (Phi) is 6.82. The first-order valence-electron chi connectivity index (χ1n) is 9.34. The van der Waals surface area contributed by atoms with Crippen molar-refractivity contribution in [3.63, 3.8) is 0 Å². The van der Waals surface area contributed by atoms with E-state index in [1.165, 1.54) is 4.90 Å². The zero-order valence-electron chi connectivity index (χ0n) is 16.4. The second-order valence-corrected chi connectivity index (χ2v) is 6.84. The number of fused-ring (bicyclic) bond motifs is 1. The number of likely N-dealkylation sites (N-methyl/N-ethyl adjacent to an activating group) is 1. The fourth-order valence-electron chi connectivity index (χ4n) is 2.91. The molecule has 0 saturated carbocycles. The minimum atomic E-state index is -0.310. The average Bonchev–Trinajstić information content (AvgIpc) is 2.98. The summed E-state index contributed by atoms with van der Waals surface area (Å²) in [6.45, 7) is 3.08. The topological polar surface area (TPSA) is 77.1 Å². The van der Waals surface area contributed by atoms with Crippen LogP contribution < -0.4 is 19.5 Å². The Balaban J connectivity index is 1.70. The molecule has 0 fully saturated rings.